The third kappa shape index (κ3) is 2.91. The summed E-state index contributed by atoms with van der Waals surface area (Å²) in [6.45, 7) is 0. The van der Waals surface area contributed by atoms with Crippen LogP contribution in [0.4, 0.5) is 11.5 Å². The van der Waals surface area contributed by atoms with E-state index < -0.39 is 10.0 Å². The van der Waals surface area contributed by atoms with Crippen LogP contribution in [0.1, 0.15) is 0 Å². The smallest absolute Gasteiger partial charge is 0.263 e. The summed E-state index contributed by atoms with van der Waals surface area (Å²) in [7, 11) is -3.69. The highest BCUT2D eigenvalue weighted by Crippen LogP contribution is 2.18. The van der Waals surface area contributed by atoms with Crippen LogP contribution in [0.5, 0.6) is 0 Å². The van der Waals surface area contributed by atoms with E-state index in [4.69, 9.17) is 17.3 Å². The van der Waals surface area contributed by atoms with Gasteiger partial charge in [-0.05, 0) is 30.3 Å². The van der Waals surface area contributed by atoms with E-state index >= 15 is 0 Å². The van der Waals surface area contributed by atoms with E-state index in [-0.39, 0.29) is 10.7 Å². The maximum Gasteiger partial charge on any atom is 0.263 e. The van der Waals surface area contributed by atoms with Gasteiger partial charge in [0.15, 0.2) is 0 Å². The maximum atomic E-state index is 12.0. The summed E-state index contributed by atoms with van der Waals surface area (Å²) in [5.74, 6) is 0.198. The molecular formula is C11H10ClN3O2S. The second-order valence-corrected chi connectivity index (χ2v) is 5.66. The van der Waals surface area contributed by atoms with Crippen molar-refractivity contribution in [2.75, 3.05) is 10.5 Å². The molecule has 5 nitrogen and oxygen atoms in total. The molecule has 0 radical (unpaired) electrons. The maximum absolute atomic E-state index is 12.0. The molecule has 2 aromatic rings. The van der Waals surface area contributed by atoms with Gasteiger partial charge in [-0.15, -0.1) is 0 Å². The van der Waals surface area contributed by atoms with Gasteiger partial charge in [0, 0.05) is 5.02 Å². The minimum atomic E-state index is -3.69. The average molecular weight is 284 g/mol. The third-order valence-electron chi connectivity index (χ3n) is 2.13. The van der Waals surface area contributed by atoms with Gasteiger partial charge < -0.3 is 5.73 Å². The first kappa shape index (κ1) is 12.7. The molecule has 1 heterocycles. The van der Waals surface area contributed by atoms with E-state index in [2.05, 4.69) is 9.71 Å². The van der Waals surface area contributed by atoms with Crippen molar-refractivity contribution < 1.29 is 8.42 Å². The Morgan fingerprint density at radius 3 is 2.61 bits per heavy atom. The number of hydrogen-bond donors (Lipinski definition) is 2. The van der Waals surface area contributed by atoms with Crippen LogP contribution in [0, 0.1) is 0 Å². The summed E-state index contributed by atoms with van der Waals surface area (Å²) in [5, 5.41) is 0.350. The Morgan fingerprint density at radius 1 is 1.22 bits per heavy atom. The van der Waals surface area contributed by atoms with Crippen LogP contribution >= 0.6 is 11.6 Å². The van der Waals surface area contributed by atoms with Crippen LogP contribution in [0.25, 0.3) is 0 Å². The number of nitrogens with two attached hydrogens (primary N) is 1. The summed E-state index contributed by atoms with van der Waals surface area (Å²) in [6, 6.07) is 9.02. The standard InChI is InChI=1S/C11H10ClN3O2S/c12-8-2-1-3-10(6-8)18(16,17)15-11-5-4-9(13)7-14-11/h1-7H,13H2,(H,14,15). The summed E-state index contributed by atoms with van der Waals surface area (Å²) < 4.78 is 26.3. The zero-order valence-electron chi connectivity index (χ0n) is 9.17. The highest BCUT2D eigenvalue weighted by Gasteiger charge is 2.14. The SMILES string of the molecule is Nc1ccc(NS(=O)(=O)c2cccc(Cl)c2)nc1. The third-order valence-corrected chi connectivity index (χ3v) is 3.72. The lowest BCUT2D eigenvalue weighted by molar-refractivity contribution is 0.601. The summed E-state index contributed by atoms with van der Waals surface area (Å²) in [6.07, 6.45) is 1.37. The van der Waals surface area contributed by atoms with Gasteiger partial charge in [0.05, 0.1) is 16.8 Å². The molecule has 3 N–H and O–H groups in total. The molecule has 0 bridgehead atoms. The normalized spacial score (nSPS) is 11.2. The Labute approximate surface area is 110 Å². The van der Waals surface area contributed by atoms with Crippen molar-refractivity contribution in [2.24, 2.45) is 0 Å². The molecule has 0 fully saturated rings. The molecule has 0 aliphatic rings. The van der Waals surface area contributed by atoms with Gasteiger partial charge >= 0.3 is 0 Å². The molecule has 0 aliphatic heterocycles. The Kier molecular flexibility index (Phi) is 3.40. The zero-order chi connectivity index (χ0) is 13.2. The first-order chi connectivity index (χ1) is 8.47. The van der Waals surface area contributed by atoms with Crippen LogP contribution < -0.4 is 10.5 Å². The van der Waals surface area contributed by atoms with Gasteiger partial charge in [0.25, 0.3) is 10.0 Å². The monoisotopic (exact) mass is 283 g/mol. The average Bonchev–Trinajstić information content (AvgIpc) is 2.32. The first-order valence-corrected chi connectivity index (χ1v) is 6.83. The van der Waals surface area contributed by atoms with Crippen LogP contribution in [0.2, 0.25) is 5.02 Å². The second kappa shape index (κ2) is 4.83. The Hall–Kier alpha value is -1.79. The van der Waals surface area contributed by atoms with Crippen LogP contribution in [0.3, 0.4) is 0 Å². The highest BCUT2D eigenvalue weighted by molar-refractivity contribution is 7.92. The van der Waals surface area contributed by atoms with Crippen molar-refractivity contribution in [1.82, 2.24) is 4.98 Å². The van der Waals surface area contributed by atoms with Crippen LogP contribution in [-0.4, -0.2) is 13.4 Å². The van der Waals surface area contributed by atoms with Gasteiger partial charge in [0.1, 0.15) is 5.82 Å². The minimum absolute atomic E-state index is 0.0774. The predicted molar refractivity (Wildman–Crippen MR) is 70.9 cm³/mol. The fraction of sp³-hybridized carbons (Fsp3) is 0. The molecular weight excluding hydrogens is 274 g/mol. The lowest BCUT2D eigenvalue weighted by atomic mass is 10.4. The van der Waals surface area contributed by atoms with Crippen molar-refractivity contribution >= 4 is 33.1 Å². The van der Waals surface area contributed by atoms with Crippen molar-refractivity contribution in [2.45, 2.75) is 4.90 Å². The van der Waals surface area contributed by atoms with Gasteiger partial charge in [-0.3, -0.25) is 4.72 Å². The zero-order valence-corrected chi connectivity index (χ0v) is 10.7. The Balaban J connectivity index is 2.30. The number of sulfonamides is 1. The summed E-state index contributed by atoms with van der Waals surface area (Å²) in [4.78, 5) is 3.94. The second-order valence-electron chi connectivity index (χ2n) is 3.54. The molecule has 1 aromatic heterocycles. The fourth-order valence-electron chi connectivity index (χ4n) is 1.30. The number of aromatic nitrogens is 1. The molecule has 1 aromatic carbocycles. The number of hydrogen-bond acceptors (Lipinski definition) is 4. The van der Waals surface area contributed by atoms with Gasteiger partial charge in [-0.1, -0.05) is 17.7 Å². The molecule has 0 spiro atoms. The van der Waals surface area contributed by atoms with Crippen molar-refractivity contribution in [1.29, 1.82) is 0 Å². The molecule has 0 atom stereocenters. The first-order valence-electron chi connectivity index (χ1n) is 4.97. The molecule has 0 unspecified atom stereocenters. The predicted octanol–water partition coefficient (Wildman–Crippen LogP) is 2.12. The summed E-state index contributed by atoms with van der Waals surface area (Å²) >= 11 is 5.75. The summed E-state index contributed by atoms with van der Waals surface area (Å²) in [5.41, 5.74) is 5.92. The van der Waals surface area contributed by atoms with E-state index in [1.54, 1.807) is 18.2 Å². The van der Waals surface area contributed by atoms with E-state index in [1.807, 2.05) is 0 Å². The Bertz CT molecular complexity index is 656. The number of rotatable bonds is 3. The minimum Gasteiger partial charge on any atom is -0.397 e. The van der Waals surface area contributed by atoms with Crippen LogP contribution in [-0.2, 0) is 10.0 Å². The number of nitrogens with one attached hydrogen (secondary N) is 1. The topological polar surface area (TPSA) is 85.1 Å². The largest absolute Gasteiger partial charge is 0.397 e. The van der Waals surface area contributed by atoms with E-state index in [0.29, 0.717) is 10.7 Å². The number of nitrogens with zero attached hydrogens (tertiary/aromatic N) is 1. The van der Waals surface area contributed by atoms with Crippen molar-refractivity contribution in [3.63, 3.8) is 0 Å². The van der Waals surface area contributed by atoms with E-state index in [9.17, 15) is 8.42 Å². The van der Waals surface area contributed by atoms with Gasteiger partial charge in [0.2, 0.25) is 0 Å². The highest BCUT2D eigenvalue weighted by atomic mass is 35.5. The van der Waals surface area contributed by atoms with Crippen molar-refractivity contribution in [3.8, 4) is 0 Å². The quantitative estimate of drug-likeness (QED) is 0.903. The molecule has 0 saturated heterocycles. The lowest BCUT2D eigenvalue weighted by Crippen LogP contribution is -2.13. The van der Waals surface area contributed by atoms with Crippen molar-refractivity contribution in [3.05, 3.63) is 47.6 Å². The van der Waals surface area contributed by atoms with Gasteiger partial charge in [-0.2, -0.15) is 0 Å². The lowest BCUT2D eigenvalue weighted by Gasteiger charge is -2.07. The Morgan fingerprint density at radius 2 is 2.00 bits per heavy atom. The number of benzene rings is 1. The molecule has 94 valence electrons. The van der Waals surface area contributed by atoms with Gasteiger partial charge in [-0.25, -0.2) is 13.4 Å². The molecule has 0 amide bonds. The number of pyridine rings is 1. The molecule has 18 heavy (non-hydrogen) atoms. The molecule has 7 heteroatoms. The van der Waals surface area contributed by atoms with Crippen LogP contribution in [0.15, 0.2) is 47.5 Å². The number of halogens is 1. The molecule has 0 saturated carbocycles. The fourth-order valence-corrected chi connectivity index (χ4v) is 2.61. The molecule has 2 rings (SSSR count). The number of nitrogen functional groups attached to an aromatic ring is 1. The van der Waals surface area contributed by atoms with E-state index in [0.717, 1.165) is 0 Å². The molecule has 0 aliphatic carbocycles. The van der Waals surface area contributed by atoms with E-state index in [1.165, 1.54) is 24.4 Å². The number of anilines is 2.